The van der Waals surface area contributed by atoms with Gasteiger partial charge in [0.1, 0.15) is 23.4 Å². The van der Waals surface area contributed by atoms with Crippen molar-refractivity contribution < 1.29 is 4.52 Å². The van der Waals surface area contributed by atoms with E-state index in [0.717, 1.165) is 11.1 Å². The van der Waals surface area contributed by atoms with Crippen LogP contribution in [-0.2, 0) is 0 Å². The highest BCUT2D eigenvalue weighted by atomic mass is 16.5. The summed E-state index contributed by atoms with van der Waals surface area (Å²) < 4.78 is 5.51. The van der Waals surface area contributed by atoms with Crippen LogP contribution >= 0.6 is 0 Å². The van der Waals surface area contributed by atoms with Crippen molar-refractivity contribution in [2.24, 2.45) is 0 Å². The van der Waals surface area contributed by atoms with Gasteiger partial charge in [-0.3, -0.25) is 0 Å². The number of rotatable bonds is 3. The third-order valence-electron chi connectivity index (χ3n) is 3.34. The van der Waals surface area contributed by atoms with Crippen molar-refractivity contribution in [3.8, 4) is 34.7 Å². The predicted octanol–water partition coefficient (Wildman–Crippen LogP) is 4.44. The van der Waals surface area contributed by atoms with Gasteiger partial charge in [-0.2, -0.15) is 10.5 Å². The van der Waals surface area contributed by atoms with E-state index in [1.807, 2.05) is 72.8 Å². The highest BCUT2D eigenvalue weighted by molar-refractivity contribution is 5.83. The van der Waals surface area contributed by atoms with Crippen LogP contribution < -0.4 is 0 Å². The largest absolute Gasteiger partial charge is 0.355 e. The second-order valence-electron chi connectivity index (χ2n) is 4.79. The van der Waals surface area contributed by atoms with Crippen molar-refractivity contribution in [2.75, 3.05) is 0 Å². The van der Waals surface area contributed by atoms with E-state index in [4.69, 9.17) is 15.0 Å². The molecule has 1 heterocycles. The Morgan fingerprint density at radius 2 is 1.43 bits per heavy atom. The molecule has 0 N–H and O–H groups in total. The summed E-state index contributed by atoms with van der Waals surface area (Å²) in [6.07, 6.45) is 1.52. The number of allylic oxidation sites excluding steroid dienone is 1. The van der Waals surface area contributed by atoms with Crippen LogP contribution in [0.15, 0.2) is 70.8 Å². The van der Waals surface area contributed by atoms with Crippen molar-refractivity contribution in [1.82, 2.24) is 5.16 Å². The normalized spacial score (nSPS) is 9.65. The van der Waals surface area contributed by atoms with E-state index in [1.165, 1.54) is 6.08 Å². The number of hydrogen-bond acceptors (Lipinski definition) is 4. The molecule has 0 spiro atoms. The summed E-state index contributed by atoms with van der Waals surface area (Å²) in [4.78, 5) is 0. The monoisotopic (exact) mass is 297 g/mol. The maximum Gasteiger partial charge on any atom is 0.174 e. The summed E-state index contributed by atoms with van der Waals surface area (Å²) in [6.45, 7) is 0. The highest BCUT2D eigenvalue weighted by Crippen LogP contribution is 2.33. The number of benzene rings is 2. The van der Waals surface area contributed by atoms with Gasteiger partial charge in [0.05, 0.1) is 5.56 Å². The first-order valence-electron chi connectivity index (χ1n) is 6.96. The molecular weight excluding hydrogens is 286 g/mol. The Morgan fingerprint density at radius 3 is 2.00 bits per heavy atom. The Labute approximate surface area is 133 Å². The Kier molecular flexibility index (Phi) is 4.00. The van der Waals surface area contributed by atoms with Crippen LogP contribution in [0.4, 0.5) is 0 Å². The smallest absolute Gasteiger partial charge is 0.174 e. The van der Waals surface area contributed by atoms with Gasteiger partial charge < -0.3 is 4.52 Å². The number of hydrogen-bond donors (Lipinski definition) is 0. The van der Waals surface area contributed by atoms with Crippen molar-refractivity contribution in [3.05, 3.63) is 71.8 Å². The number of aromatic nitrogens is 1. The topological polar surface area (TPSA) is 73.6 Å². The molecule has 0 unspecified atom stereocenters. The summed E-state index contributed by atoms with van der Waals surface area (Å²) in [7, 11) is 0. The van der Waals surface area contributed by atoms with Crippen LogP contribution in [0.2, 0.25) is 0 Å². The van der Waals surface area contributed by atoms with Gasteiger partial charge in [-0.15, -0.1) is 0 Å². The molecule has 0 saturated carbocycles. The van der Waals surface area contributed by atoms with Gasteiger partial charge in [0, 0.05) is 11.1 Å². The Balaban J connectivity index is 2.24. The van der Waals surface area contributed by atoms with Gasteiger partial charge in [-0.25, -0.2) is 0 Å². The summed E-state index contributed by atoms with van der Waals surface area (Å²) >= 11 is 0. The fourth-order valence-electron chi connectivity index (χ4n) is 2.27. The highest BCUT2D eigenvalue weighted by Gasteiger charge is 2.18. The second-order valence-corrected chi connectivity index (χ2v) is 4.79. The van der Waals surface area contributed by atoms with Gasteiger partial charge in [0.2, 0.25) is 0 Å². The molecule has 0 bridgehead atoms. The van der Waals surface area contributed by atoms with E-state index in [0.29, 0.717) is 17.0 Å². The summed E-state index contributed by atoms with van der Waals surface area (Å²) in [5, 5.41) is 22.3. The number of nitriles is 2. The molecule has 0 radical (unpaired) electrons. The van der Waals surface area contributed by atoms with E-state index in [9.17, 15) is 0 Å². The molecule has 0 aliphatic carbocycles. The Morgan fingerprint density at radius 1 is 0.870 bits per heavy atom. The minimum Gasteiger partial charge on any atom is -0.355 e. The fourth-order valence-corrected chi connectivity index (χ4v) is 2.27. The van der Waals surface area contributed by atoms with Crippen molar-refractivity contribution in [2.45, 2.75) is 0 Å². The first-order valence-corrected chi connectivity index (χ1v) is 6.96. The van der Waals surface area contributed by atoms with Crippen molar-refractivity contribution >= 4 is 6.08 Å². The molecule has 4 heteroatoms. The summed E-state index contributed by atoms with van der Waals surface area (Å²) in [5.74, 6) is 0.535. The first kappa shape index (κ1) is 14.3. The lowest BCUT2D eigenvalue weighted by molar-refractivity contribution is 0.435. The van der Waals surface area contributed by atoms with E-state index in [2.05, 4.69) is 5.16 Å². The van der Waals surface area contributed by atoms with E-state index < -0.39 is 0 Å². The van der Waals surface area contributed by atoms with Crippen molar-refractivity contribution in [3.63, 3.8) is 0 Å². The lowest BCUT2D eigenvalue weighted by Crippen LogP contribution is -1.84. The fraction of sp³-hybridized carbons (Fsp3) is 0. The van der Waals surface area contributed by atoms with Crippen LogP contribution in [0.1, 0.15) is 5.56 Å². The predicted molar refractivity (Wildman–Crippen MR) is 86.6 cm³/mol. The van der Waals surface area contributed by atoms with Crippen LogP contribution in [-0.4, -0.2) is 5.16 Å². The molecule has 0 amide bonds. The molecule has 0 saturated heterocycles. The Hall–Kier alpha value is -3.63. The van der Waals surface area contributed by atoms with E-state index in [1.54, 1.807) is 0 Å². The average molecular weight is 297 g/mol. The molecule has 0 aliphatic rings. The van der Waals surface area contributed by atoms with Gasteiger partial charge in [0.25, 0.3) is 0 Å². The minimum absolute atomic E-state index is 0.00237. The van der Waals surface area contributed by atoms with Crippen LogP contribution in [0.5, 0.6) is 0 Å². The molecule has 0 fully saturated rings. The van der Waals surface area contributed by atoms with Crippen LogP contribution in [0.25, 0.3) is 28.7 Å². The van der Waals surface area contributed by atoms with Crippen LogP contribution in [0, 0.1) is 22.7 Å². The maximum atomic E-state index is 9.06. The summed E-state index contributed by atoms with van der Waals surface area (Å²) in [5.41, 5.74) is 2.93. The zero-order valence-corrected chi connectivity index (χ0v) is 12.1. The molecule has 3 aromatic rings. The third kappa shape index (κ3) is 2.88. The zero-order valence-electron chi connectivity index (χ0n) is 12.1. The molecule has 3 rings (SSSR count). The SMILES string of the molecule is N#CC(C#N)=Cc1c(-c2ccccc2)noc1-c1ccccc1. The average Bonchev–Trinajstić information content (AvgIpc) is 3.04. The molecule has 1 aromatic heterocycles. The lowest BCUT2D eigenvalue weighted by atomic mass is 10.0. The summed E-state index contributed by atoms with van der Waals surface area (Å²) in [6, 6.07) is 22.7. The molecular formula is C19H11N3O. The number of nitrogens with zero attached hydrogens (tertiary/aromatic N) is 3. The zero-order chi connectivity index (χ0) is 16.1. The minimum atomic E-state index is 0.00237. The molecule has 0 atom stereocenters. The third-order valence-corrected chi connectivity index (χ3v) is 3.34. The standard InChI is InChI=1S/C19H11N3O/c20-12-14(13-21)11-17-18(15-7-3-1-4-8-15)22-23-19(17)16-9-5-2-6-10-16/h1-11H. The quantitative estimate of drug-likeness (QED) is 0.670. The Bertz CT molecular complexity index is 853. The van der Waals surface area contributed by atoms with E-state index in [-0.39, 0.29) is 5.57 Å². The van der Waals surface area contributed by atoms with Crippen LogP contribution in [0.3, 0.4) is 0 Å². The lowest BCUT2D eigenvalue weighted by Gasteiger charge is -2.00. The van der Waals surface area contributed by atoms with Gasteiger partial charge in [-0.05, 0) is 6.08 Å². The second kappa shape index (κ2) is 6.43. The molecule has 0 aliphatic heterocycles. The molecule has 23 heavy (non-hydrogen) atoms. The van der Waals surface area contributed by atoms with Gasteiger partial charge in [0.15, 0.2) is 5.76 Å². The molecule has 2 aromatic carbocycles. The molecule has 108 valence electrons. The van der Waals surface area contributed by atoms with Crippen molar-refractivity contribution in [1.29, 1.82) is 10.5 Å². The van der Waals surface area contributed by atoms with E-state index >= 15 is 0 Å². The molecule has 4 nitrogen and oxygen atoms in total. The van der Waals surface area contributed by atoms with Gasteiger partial charge >= 0.3 is 0 Å². The van der Waals surface area contributed by atoms with Gasteiger partial charge in [-0.1, -0.05) is 65.8 Å². The maximum absolute atomic E-state index is 9.06. The first-order chi connectivity index (χ1) is 11.3.